The van der Waals surface area contributed by atoms with Crippen LogP contribution in [-0.2, 0) is 9.53 Å². The summed E-state index contributed by atoms with van der Waals surface area (Å²) in [6.07, 6.45) is 8.99. The molecule has 108 valence electrons. The van der Waals surface area contributed by atoms with Gasteiger partial charge < -0.3 is 14.9 Å². The standard InChI is InChI=1S/C14H28O4/c1-2-3-4-5-6-7-8-9-10-14(17)18-12-13(16)11-15/h13,15-16H,2-12H2,1H3. The van der Waals surface area contributed by atoms with E-state index in [0.29, 0.717) is 6.42 Å². The molecule has 0 aliphatic carbocycles. The van der Waals surface area contributed by atoms with Gasteiger partial charge in [0.15, 0.2) is 0 Å². The van der Waals surface area contributed by atoms with E-state index < -0.39 is 6.10 Å². The van der Waals surface area contributed by atoms with Crippen LogP contribution in [0.1, 0.15) is 64.7 Å². The molecule has 0 aromatic carbocycles. The van der Waals surface area contributed by atoms with E-state index in [2.05, 4.69) is 6.92 Å². The van der Waals surface area contributed by atoms with Crippen LogP contribution in [0.3, 0.4) is 0 Å². The van der Waals surface area contributed by atoms with E-state index in [1.165, 1.54) is 38.5 Å². The van der Waals surface area contributed by atoms with E-state index in [0.717, 1.165) is 12.8 Å². The Morgan fingerprint density at radius 3 is 2.17 bits per heavy atom. The second-order valence-corrected chi connectivity index (χ2v) is 4.74. The van der Waals surface area contributed by atoms with Crippen LogP contribution in [0.4, 0.5) is 0 Å². The minimum absolute atomic E-state index is 0.105. The molecule has 0 saturated carbocycles. The molecule has 0 fully saturated rings. The molecule has 0 aliphatic rings. The number of rotatable bonds is 12. The van der Waals surface area contributed by atoms with Gasteiger partial charge in [0.25, 0.3) is 0 Å². The molecule has 0 radical (unpaired) electrons. The van der Waals surface area contributed by atoms with Gasteiger partial charge in [-0.25, -0.2) is 0 Å². The molecular formula is C14H28O4. The third-order valence-corrected chi connectivity index (χ3v) is 2.88. The summed E-state index contributed by atoms with van der Waals surface area (Å²) in [7, 11) is 0. The Morgan fingerprint density at radius 2 is 1.61 bits per heavy atom. The van der Waals surface area contributed by atoms with E-state index in [1.54, 1.807) is 0 Å². The Labute approximate surface area is 110 Å². The quantitative estimate of drug-likeness (QED) is 0.418. The van der Waals surface area contributed by atoms with Gasteiger partial charge in [0.1, 0.15) is 12.7 Å². The molecule has 18 heavy (non-hydrogen) atoms. The van der Waals surface area contributed by atoms with Crippen molar-refractivity contribution in [2.45, 2.75) is 70.8 Å². The fourth-order valence-electron chi connectivity index (χ4n) is 1.72. The van der Waals surface area contributed by atoms with Crippen LogP contribution in [0.25, 0.3) is 0 Å². The van der Waals surface area contributed by atoms with Crippen LogP contribution in [-0.4, -0.2) is 35.5 Å². The van der Waals surface area contributed by atoms with Crippen LogP contribution in [0.5, 0.6) is 0 Å². The Bertz CT molecular complexity index is 194. The predicted molar refractivity (Wildman–Crippen MR) is 71.3 cm³/mol. The molecule has 0 aromatic heterocycles. The van der Waals surface area contributed by atoms with Crippen molar-refractivity contribution in [1.82, 2.24) is 0 Å². The Morgan fingerprint density at radius 1 is 1.06 bits per heavy atom. The zero-order chi connectivity index (χ0) is 13.6. The molecular weight excluding hydrogens is 232 g/mol. The SMILES string of the molecule is CCCCCCCCCCC(=O)OCC(O)CO. The lowest BCUT2D eigenvalue weighted by Crippen LogP contribution is -2.21. The molecule has 0 saturated heterocycles. The lowest BCUT2D eigenvalue weighted by atomic mass is 10.1. The highest BCUT2D eigenvalue weighted by Gasteiger charge is 2.07. The topological polar surface area (TPSA) is 66.8 Å². The predicted octanol–water partition coefficient (Wildman–Crippen LogP) is 2.41. The van der Waals surface area contributed by atoms with Gasteiger partial charge in [0, 0.05) is 6.42 Å². The molecule has 0 rings (SSSR count). The van der Waals surface area contributed by atoms with E-state index >= 15 is 0 Å². The van der Waals surface area contributed by atoms with Gasteiger partial charge in [0.2, 0.25) is 0 Å². The molecule has 1 atom stereocenters. The minimum Gasteiger partial charge on any atom is -0.463 e. The van der Waals surface area contributed by atoms with Crippen LogP contribution in [0.15, 0.2) is 0 Å². The second kappa shape index (κ2) is 12.8. The summed E-state index contributed by atoms with van der Waals surface area (Å²) in [5.41, 5.74) is 0. The summed E-state index contributed by atoms with van der Waals surface area (Å²) < 4.78 is 4.81. The molecule has 0 aromatic rings. The van der Waals surface area contributed by atoms with Gasteiger partial charge in [0.05, 0.1) is 6.61 Å². The monoisotopic (exact) mass is 260 g/mol. The number of ether oxygens (including phenoxy) is 1. The lowest BCUT2D eigenvalue weighted by molar-refractivity contribution is -0.147. The number of hydrogen-bond acceptors (Lipinski definition) is 4. The molecule has 4 nitrogen and oxygen atoms in total. The smallest absolute Gasteiger partial charge is 0.305 e. The van der Waals surface area contributed by atoms with Crippen molar-refractivity contribution in [1.29, 1.82) is 0 Å². The third-order valence-electron chi connectivity index (χ3n) is 2.88. The molecule has 0 aliphatic heterocycles. The van der Waals surface area contributed by atoms with Gasteiger partial charge in [-0.15, -0.1) is 0 Å². The van der Waals surface area contributed by atoms with Crippen molar-refractivity contribution in [2.24, 2.45) is 0 Å². The number of hydrogen-bond donors (Lipinski definition) is 2. The first-order valence-electron chi connectivity index (χ1n) is 7.15. The summed E-state index contributed by atoms with van der Waals surface area (Å²) in [6.45, 7) is 1.73. The average molecular weight is 260 g/mol. The summed E-state index contributed by atoms with van der Waals surface area (Å²) in [5, 5.41) is 17.5. The molecule has 1 unspecified atom stereocenters. The molecule has 4 heteroatoms. The highest BCUT2D eigenvalue weighted by molar-refractivity contribution is 5.69. The first-order valence-corrected chi connectivity index (χ1v) is 7.15. The number of carbonyl (C=O) groups excluding carboxylic acids is 1. The summed E-state index contributed by atoms with van der Waals surface area (Å²) in [5.74, 6) is -0.284. The molecule has 2 N–H and O–H groups in total. The summed E-state index contributed by atoms with van der Waals surface area (Å²) in [6, 6.07) is 0. The highest BCUT2D eigenvalue weighted by atomic mass is 16.5. The number of carbonyl (C=O) groups is 1. The van der Waals surface area contributed by atoms with Crippen molar-refractivity contribution < 1.29 is 19.7 Å². The van der Waals surface area contributed by atoms with Gasteiger partial charge in [-0.3, -0.25) is 4.79 Å². The van der Waals surface area contributed by atoms with Crippen molar-refractivity contribution in [2.75, 3.05) is 13.2 Å². The normalized spacial score (nSPS) is 12.4. The van der Waals surface area contributed by atoms with E-state index in [-0.39, 0.29) is 19.2 Å². The first kappa shape index (κ1) is 17.4. The summed E-state index contributed by atoms with van der Waals surface area (Å²) >= 11 is 0. The molecule has 0 heterocycles. The Hall–Kier alpha value is -0.610. The van der Waals surface area contributed by atoms with Crippen molar-refractivity contribution >= 4 is 5.97 Å². The van der Waals surface area contributed by atoms with E-state index in [9.17, 15) is 4.79 Å². The number of unbranched alkanes of at least 4 members (excludes halogenated alkanes) is 7. The fraction of sp³-hybridized carbons (Fsp3) is 0.929. The molecule has 0 spiro atoms. The number of esters is 1. The summed E-state index contributed by atoms with van der Waals surface area (Å²) in [4.78, 5) is 11.2. The van der Waals surface area contributed by atoms with Crippen LogP contribution in [0, 0.1) is 0 Å². The molecule has 0 amide bonds. The zero-order valence-corrected chi connectivity index (χ0v) is 11.6. The maximum absolute atomic E-state index is 11.2. The molecule has 0 bridgehead atoms. The number of aliphatic hydroxyl groups excluding tert-OH is 2. The van der Waals surface area contributed by atoms with Crippen molar-refractivity contribution in [3.05, 3.63) is 0 Å². The Balaban J connectivity index is 3.20. The Kier molecular flexibility index (Phi) is 12.4. The van der Waals surface area contributed by atoms with E-state index in [4.69, 9.17) is 14.9 Å². The maximum Gasteiger partial charge on any atom is 0.305 e. The van der Waals surface area contributed by atoms with Crippen molar-refractivity contribution in [3.63, 3.8) is 0 Å². The van der Waals surface area contributed by atoms with Gasteiger partial charge in [-0.05, 0) is 6.42 Å². The lowest BCUT2D eigenvalue weighted by Gasteiger charge is -2.08. The van der Waals surface area contributed by atoms with Crippen LogP contribution < -0.4 is 0 Å². The maximum atomic E-state index is 11.2. The van der Waals surface area contributed by atoms with Crippen molar-refractivity contribution in [3.8, 4) is 0 Å². The van der Waals surface area contributed by atoms with Gasteiger partial charge >= 0.3 is 5.97 Å². The van der Waals surface area contributed by atoms with Gasteiger partial charge in [-0.2, -0.15) is 0 Å². The number of aliphatic hydroxyl groups is 2. The van der Waals surface area contributed by atoms with E-state index in [1.807, 2.05) is 0 Å². The van der Waals surface area contributed by atoms with Crippen LogP contribution in [0.2, 0.25) is 0 Å². The van der Waals surface area contributed by atoms with Crippen LogP contribution >= 0.6 is 0 Å². The zero-order valence-electron chi connectivity index (χ0n) is 11.6. The third kappa shape index (κ3) is 11.9. The fourth-order valence-corrected chi connectivity index (χ4v) is 1.72. The first-order chi connectivity index (χ1) is 8.70. The highest BCUT2D eigenvalue weighted by Crippen LogP contribution is 2.09. The van der Waals surface area contributed by atoms with Gasteiger partial charge in [-0.1, -0.05) is 51.9 Å². The average Bonchev–Trinajstić information content (AvgIpc) is 2.39. The second-order valence-electron chi connectivity index (χ2n) is 4.74. The minimum atomic E-state index is -0.951. The largest absolute Gasteiger partial charge is 0.463 e.